The highest BCUT2D eigenvalue weighted by atomic mass is 32.2. The summed E-state index contributed by atoms with van der Waals surface area (Å²) >= 11 is 1.20. The number of hydrogen-bond acceptors (Lipinski definition) is 6. The summed E-state index contributed by atoms with van der Waals surface area (Å²) in [7, 11) is 0. The zero-order chi connectivity index (χ0) is 16.5. The number of amides is 2. The van der Waals surface area contributed by atoms with Crippen molar-refractivity contribution in [2.24, 2.45) is 5.10 Å². The molecule has 1 atom stereocenters. The molecule has 9 heteroatoms. The number of nitrogens with one attached hydrogen (secondary N) is 1. The molecule has 22 heavy (non-hydrogen) atoms. The van der Waals surface area contributed by atoms with Gasteiger partial charge in [0.1, 0.15) is 4.87 Å². The van der Waals surface area contributed by atoms with Gasteiger partial charge >= 0.3 is 0 Å². The van der Waals surface area contributed by atoms with Crippen molar-refractivity contribution in [1.82, 2.24) is 10.3 Å². The number of benzene rings is 1. The predicted molar refractivity (Wildman–Crippen MR) is 81.8 cm³/mol. The van der Waals surface area contributed by atoms with Gasteiger partial charge in [-0.05, 0) is 24.6 Å². The zero-order valence-electron chi connectivity index (χ0n) is 12.2. The number of thioether (sulfide) groups is 1. The minimum Gasteiger partial charge on any atom is -0.304 e. The molecule has 0 fully saturated rings. The third-order valence-electron chi connectivity index (χ3n) is 3.09. The van der Waals surface area contributed by atoms with Crippen molar-refractivity contribution < 1.29 is 14.5 Å². The second-order valence-corrected chi connectivity index (χ2v) is 6.19. The lowest BCUT2D eigenvalue weighted by atomic mass is 10.1. The number of nitro groups is 1. The van der Waals surface area contributed by atoms with Gasteiger partial charge in [0.15, 0.2) is 5.17 Å². The molecule has 0 saturated carbocycles. The Morgan fingerprint density at radius 1 is 1.32 bits per heavy atom. The second-order valence-electron chi connectivity index (χ2n) is 4.81. The fourth-order valence-electron chi connectivity index (χ4n) is 2.08. The van der Waals surface area contributed by atoms with E-state index < -0.39 is 9.79 Å². The number of carbonyl (C=O) groups excluding carboxylic acids is 2. The maximum absolute atomic E-state index is 11.8. The van der Waals surface area contributed by atoms with Crippen molar-refractivity contribution in [2.75, 3.05) is 0 Å². The summed E-state index contributed by atoms with van der Waals surface area (Å²) in [6.07, 6.45) is 0. The number of non-ortho nitro benzene ring substituents is 1. The van der Waals surface area contributed by atoms with E-state index in [9.17, 15) is 19.7 Å². The Labute approximate surface area is 130 Å². The van der Waals surface area contributed by atoms with E-state index in [0.29, 0.717) is 10.7 Å². The molecular formula is C13H14N4O4S. The van der Waals surface area contributed by atoms with E-state index in [-0.39, 0.29) is 17.5 Å². The molecule has 0 aromatic heterocycles. The monoisotopic (exact) mass is 322 g/mol. The Kier molecular flexibility index (Phi) is 4.18. The molecule has 0 aliphatic carbocycles. The quantitative estimate of drug-likeness (QED) is 0.660. The summed E-state index contributed by atoms with van der Waals surface area (Å²) in [6, 6.07) is 5.90. The first-order valence-electron chi connectivity index (χ1n) is 6.35. The fourth-order valence-corrected chi connectivity index (χ4v) is 3.29. The molecular weight excluding hydrogens is 308 g/mol. The Morgan fingerprint density at radius 3 is 2.36 bits per heavy atom. The Bertz CT molecular complexity index is 673. The number of hydrogen-bond donors (Lipinski definition) is 1. The number of nitro benzene ring substituents is 1. The topological polar surface area (TPSA) is 105 Å². The first kappa shape index (κ1) is 16.0. The summed E-state index contributed by atoms with van der Waals surface area (Å²) in [4.78, 5) is 32.3. The lowest BCUT2D eigenvalue weighted by Gasteiger charge is -2.30. The molecule has 0 bridgehead atoms. The van der Waals surface area contributed by atoms with Gasteiger partial charge in [-0.25, -0.2) is 5.01 Å². The average Bonchev–Trinajstić information content (AvgIpc) is 2.76. The number of hydrazone groups is 1. The summed E-state index contributed by atoms with van der Waals surface area (Å²) in [5, 5.41) is 19.0. The van der Waals surface area contributed by atoms with Crippen LogP contribution in [0.15, 0.2) is 29.4 Å². The maximum Gasteiger partial charge on any atom is 0.269 e. The van der Waals surface area contributed by atoms with E-state index >= 15 is 0 Å². The van der Waals surface area contributed by atoms with Crippen LogP contribution in [-0.4, -0.2) is 26.9 Å². The van der Waals surface area contributed by atoms with Crippen LogP contribution in [-0.2, 0) is 14.5 Å². The van der Waals surface area contributed by atoms with Crippen LogP contribution >= 0.6 is 11.8 Å². The van der Waals surface area contributed by atoms with E-state index in [4.69, 9.17) is 0 Å². The van der Waals surface area contributed by atoms with Crippen molar-refractivity contribution in [3.63, 3.8) is 0 Å². The van der Waals surface area contributed by atoms with Crippen LogP contribution in [0, 0.1) is 10.1 Å². The van der Waals surface area contributed by atoms with Crippen molar-refractivity contribution in [1.29, 1.82) is 0 Å². The molecule has 0 saturated heterocycles. The molecule has 0 radical (unpaired) electrons. The number of rotatable bonds is 2. The fraction of sp³-hybridized carbons (Fsp3) is 0.308. The SMILES string of the molecule is CC(=O)NC1=NN(C(C)=O)[C@](C)(c2ccc([N+](=O)[O-])cc2)S1. The van der Waals surface area contributed by atoms with Gasteiger partial charge in [0.25, 0.3) is 5.69 Å². The summed E-state index contributed by atoms with van der Waals surface area (Å²) in [6.45, 7) is 4.48. The Hall–Kier alpha value is -2.42. The first-order valence-corrected chi connectivity index (χ1v) is 7.16. The molecule has 2 rings (SSSR count). The van der Waals surface area contributed by atoms with Crippen molar-refractivity contribution in [2.45, 2.75) is 25.6 Å². The minimum atomic E-state index is -0.876. The van der Waals surface area contributed by atoms with Gasteiger partial charge in [0, 0.05) is 26.0 Å². The molecule has 1 aromatic rings. The van der Waals surface area contributed by atoms with Crippen LogP contribution in [0.25, 0.3) is 0 Å². The zero-order valence-corrected chi connectivity index (χ0v) is 13.0. The van der Waals surface area contributed by atoms with Crippen molar-refractivity contribution >= 4 is 34.4 Å². The Balaban J connectivity index is 2.36. The summed E-state index contributed by atoms with van der Waals surface area (Å²) < 4.78 is 0. The molecule has 8 nitrogen and oxygen atoms in total. The lowest BCUT2D eigenvalue weighted by Crippen LogP contribution is -2.37. The van der Waals surface area contributed by atoms with Crippen molar-refractivity contribution in [3.05, 3.63) is 39.9 Å². The molecule has 116 valence electrons. The van der Waals surface area contributed by atoms with Crippen LogP contribution in [0.2, 0.25) is 0 Å². The van der Waals surface area contributed by atoms with Crippen LogP contribution in [0.5, 0.6) is 0 Å². The molecule has 0 unspecified atom stereocenters. The van der Waals surface area contributed by atoms with E-state index in [0.717, 1.165) is 0 Å². The van der Waals surface area contributed by atoms with Gasteiger partial charge in [-0.15, -0.1) is 5.10 Å². The standard InChI is InChI=1S/C13H14N4O4S/c1-8(18)14-12-15-16(9(2)19)13(3,22-12)10-4-6-11(7-5-10)17(20)21/h4-7H,1-3H3,(H,14,15,18)/t13-/m0/s1. The molecule has 0 spiro atoms. The number of amidine groups is 1. The largest absolute Gasteiger partial charge is 0.304 e. The van der Waals surface area contributed by atoms with Gasteiger partial charge in [-0.2, -0.15) is 0 Å². The van der Waals surface area contributed by atoms with Gasteiger partial charge in [-0.1, -0.05) is 11.8 Å². The van der Waals surface area contributed by atoms with E-state index in [1.54, 1.807) is 19.1 Å². The van der Waals surface area contributed by atoms with Gasteiger partial charge in [0.2, 0.25) is 11.8 Å². The predicted octanol–water partition coefficient (Wildman–Crippen LogP) is 1.77. The van der Waals surface area contributed by atoms with Gasteiger partial charge in [-0.3, -0.25) is 19.7 Å². The highest BCUT2D eigenvalue weighted by Crippen LogP contribution is 2.45. The Morgan fingerprint density at radius 2 is 1.91 bits per heavy atom. The highest BCUT2D eigenvalue weighted by molar-refractivity contribution is 8.14. The average molecular weight is 322 g/mol. The molecule has 1 aliphatic rings. The smallest absolute Gasteiger partial charge is 0.269 e. The first-order chi connectivity index (χ1) is 10.2. The number of carbonyl (C=O) groups is 2. The minimum absolute atomic E-state index is 0.0345. The molecule has 1 aromatic carbocycles. The molecule has 1 heterocycles. The lowest BCUT2D eigenvalue weighted by molar-refractivity contribution is -0.384. The highest BCUT2D eigenvalue weighted by Gasteiger charge is 2.44. The van der Waals surface area contributed by atoms with E-state index in [2.05, 4.69) is 10.4 Å². The van der Waals surface area contributed by atoms with Gasteiger partial charge in [0.05, 0.1) is 4.92 Å². The third-order valence-corrected chi connectivity index (χ3v) is 4.27. The van der Waals surface area contributed by atoms with E-state index in [1.165, 1.54) is 42.8 Å². The maximum atomic E-state index is 11.8. The summed E-state index contributed by atoms with van der Waals surface area (Å²) in [5.41, 5.74) is 0.634. The number of nitrogens with zero attached hydrogens (tertiary/aromatic N) is 3. The van der Waals surface area contributed by atoms with Crippen LogP contribution < -0.4 is 5.32 Å². The summed E-state index contributed by atoms with van der Waals surface area (Å²) in [5.74, 6) is -0.587. The second kappa shape index (κ2) is 5.76. The van der Waals surface area contributed by atoms with Crippen LogP contribution in [0.4, 0.5) is 5.69 Å². The normalized spacial score (nSPS) is 20.5. The van der Waals surface area contributed by atoms with E-state index in [1.807, 2.05) is 0 Å². The van der Waals surface area contributed by atoms with Gasteiger partial charge < -0.3 is 5.32 Å². The van der Waals surface area contributed by atoms with Crippen LogP contribution in [0.1, 0.15) is 26.3 Å². The molecule has 1 N–H and O–H groups in total. The third kappa shape index (κ3) is 2.93. The molecule has 2 amide bonds. The van der Waals surface area contributed by atoms with Crippen LogP contribution in [0.3, 0.4) is 0 Å². The molecule has 1 aliphatic heterocycles. The van der Waals surface area contributed by atoms with Crippen molar-refractivity contribution in [3.8, 4) is 0 Å².